The maximum absolute atomic E-state index is 12.9. The fourth-order valence-corrected chi connectivity index (χ4v) is 3.73. The maximum atomic E-state index is 12.9. The maximum Gasteiger partial charge on any atom is 0.302 e. The number of benzene rings is 2. The first kappa shape index (κ1) is 18.3. The van der Waals surface area contributed by atoms with Crippen molar-refractivity contribution in [2.75, 3.05) is 0 Å². The normalized spacial score (nSPS) is 11.0. The molecule has 0 amide bonds. The minimum atomic E-state index is -0.606. The second kappa shape index (κ2) is 7.17. The third-order valence-corrected chi connectivity index (χ3v) is 5.49. The fraction of sp³-hybridized carbons (Fsp3) is 0. The molecule has 2 aromatic carbocycles. The third-order valence-electron chi connectivity index (χ3n) is 4.01. The molecule has 4 rings (SSSR count). The van der Waals surface area contributed by atoms with E-state index in [1.54, 1.807) is 24.3 Å². The predicted octanol–water partition coefficient (Wildman–Crippen LogP) is 5.37. The molecular weight excluding hydrogens is 543 g/mol. The third kappa shape index (κ3) is 3.44. The van der Waals surface area contributed by atoms with Gasteiger partial charge in [-0.3, -0.25) is 9.59 Å². The van der Waals surface area contributed by atoms with Crippen LogP contribution in [0.2, 0.25) is 0 Å². The molecule has 0 fully saturated rings. The number of nitrogens with zero attached hydrogens (tertiary/aromatic N) is 1. The van der Waals surface area contributed by atoms with Crippen LogP contribution in [0.1, 0.15) is 10.6 Å². The molecule has 0 aliphatic carbocycles. The van der Waals surface area contributed by atoms with Crippen molar-refractivity contribution < 1.29 is 9.21 Å². The molecule has 8 heteroatoms. The Hall–Kier alpha value is -2.04. The van der Waals surface area contributed by atoms with E-state index in [1.807, 2.05) is 30.3 Å². The van der Waals surface area contributed by atoms with Gasteiger partial charge in [-0.25, -0.2) is 4.57 Å². The molecule has 4 aromatic rings. The highest BCUT2D eigenvalue weighted by Crippen LogP contribution is 2.24. The summed E-state index contributed by atoms with van der Waals surface area (Å²) >= 11 is 10.7. The number of rotatable bonds is 2. The van der Waals surface area contributed by atoms with Gasteiger partial charge in [0.25, 0.3) is 5.56 Å². The van der Waals surface area contributed by atoms with E-state index < -0.39 is 11.5 Å². The molecule has 0 bridgehead atoms. The van der Waals surface area contributed by atoms with E-state index in [1.165, 1.54) is 0 Å². The Morgan fingerprint density at radius 3 is 2.59 bits per heavy atom. The van der Waals surface area contributed by atoms with Crippen LogP contribution in [-0.4, -0.2) is 15.5 Å². The lowest BCUT2D eigenvalue weighted by molar-refractivity contribution is 0.0927. The van der Waals surface area contributed by atoms with E-state index in [0.717, 1.165) is 18.2 Å². The first-order chi connectivity index (χ1) is 12.9. The number of carbonyl (C=O) groups excluding carboxylic acids is 1. The van der Waals surface area contributed by atoms with Gasteiger partial charge in [-0.1, -0.05) is 28.1 Å². The molecular formula is C19H10BrIN2O3S. The summed E-state index contributed by atoms with van der Waals surface area (Å²) in [4.78, 5) is 28.7. The van der Waals surface area contributed by atoms with Crippen molar-refractivity contribution in [1.29, 1.82) is 0 Å². The van der Waals surface area contributed by atoms with Gasteiger partial charge in [0.1, 0.15) is 5.76 Å². The van der Waals surface area contributed by atoms with Gasteiger partial charge >= 0.3 is 5.91 Å². The number of nitrogens with one attached hydrogen (secondary N) is 1. The monoisotopic (exact) mass is 552 g/mol. The second-order valence-electron chi connectivity index (χ2n) is 5.74. The highest BCUT2D eigenvalue weighted by atomic mass is 127. The smallest absolute Gasteiger partial charge is 0.302 e. The van der Waals surface area contributed by atoms with Crippen molar-refractivity contribution in [2.24, 2.45) is 0 Å². The van der Waals surface area contributed by atoms with Crippen molar-refractivity contribution >= 4 is 67.5 Å². The average Bonchev–Trinajstić information content (AvgIpc) is 3.13. The van der Waals surface area contributed by atoms with Crippen LogP contribution in [-0.2, 0) is 0 Å². The molecule has 0 radical (unpaired) electrons. The molecule has 5 nitrogen and oxygen atoms in total. The lowest BCUT2D eigenvalue weighted by Gasteiger charge is -2.06. The standard InChI is InChI=1S/C19H10BrIN2O3S/c20-11-3-1-10(2-4-11)15-7-8-16(26-15)18(25)23-17(24)13-9-12(21)5-6-14(13)22-19(23)27/h1-9H,(H,22,27). The number of furan rings is 1. The highest BCUT2D eigenvalue weighted by molar-refractivity contribution is 14.1. The Morgan fingerprint density at radius 1 is 1.11 bits per heavy atom. The fourth-order valence-electron chi connectivity index (χ4n) is 2.70. The highest BCUT2D eigenvalue weighted by Gasteiger charge is 2.19. The van der Waals surface area contributed by atoms with Crippen LogP contribution in [0.4, 0.5) is 0 Å². The number of hydrogen-bond acceptors (Lipinski definition) is 4. The zero-order chi connectivity index (χ0) is 19.1. The van der Waals surface area contributed by atoms with Crippen LogP contribution < -0.4 is 5.56 Å². The van der Waals surface area contributed by atoms with Crippen LogP contribution in [0.5, 0.6) is 0 Å². The minimum Gasteiger partial charge on any atom is -0.451 e. The van der Waals surface area contributed by atoms with Gasteiger partial charge in [0.15, 0.2) is 10.5 Å². The molecule has 27 heavy (non-hydrogen) atoms. The average molecular weight is 553 g/mol. The summed E-state index contributed by atoms with van der Waals surface area (Å²) in [6.07, 6.45) is 0. The molecule has 0 unspecified atom stereocenters. The van der Waals surface area contributed by atoms with Gasteiger partial charge in [-0.15, -0.1) is 0 Å². The minimum absolute atomic E-state index is 0.0281. The summed E-state index contributed by atoms with van der Waals surface area (Å²) in [5, 5.41) is 0.392. The van der Waals surface area contributed by atoms with Crippen molar-refractivity contribution in [3.63, 3.8) is 0 Å². The summed E-state index contributed by atoms with van der Waals surface area (Å²) in [6.45, 7) is 0. The van der Waals surface area contributed by atoms with Crippen LogP contribution in [0.25, 0.3) is 22.2 Å². The van der Waals surface area contributed by atoms with Gasteiger partial charge in [0.2, 0.25) is 0 Å². The van der Waals surface area contributed by atoms with Crippen molar-refractivity contribution in [1.82, 2.24) is 9.55 Å². The largest absolute Gasteiger partial charge is 0.451 e. The van der Waals surface area contributed by atoms with E-state index in [4.69, 9.17) is 16.6 Å². The number of fused-ring (bicyclic) bond motifs is 1. The zero-order valence-electron chi connectivity index (χ0n) is 13.5. The zero-order valence-corrected chi connectivity index (χ0v) is 18.1. The topological polar surface area (TPSA) is 68.0 Å². The molecule has 134 valence electrons. The Kier molecular flexibility index (Phi) is 4.87. The Morgan fingerprint density at radius 2 is 1.85 bits per heavy atom. The Bertz CT molecular complexity index is 1310. The van der Waals surface area contributed by atoms with Gasteiger partial charge in [0.05, 0.1) is 10.9 Å². The first-order valence-electron chi connectivity index (χ1n) is 7.79. The van der Waals surface area contributed by atoms with Gasteiger partial charge in [-0.05, 0) is 77.3 Å². The SMILES string of the molecule is O=C(c1ccc(-c2ccc(Br)cc2)o1)n1c(=S)[nH]c2ccc(I)cc2c1=O. The molecule has 0 aliphatic heterocycles. The summed E-state index contributed by atoms with van der Waals surface area (Å²) in [5.41, 5.74) is 0.936. The Labute approximate surface area is 180 Å². The molecule has 2 aromatic heterocycles. The van der Waals surface area contributed by atoms with Crippen LogP contribution >= 0.6 is 50.7 Å². The molecule has 1 N–H and O–H groups in total. The number of halogens is 2. The van der Waals surface area contributed by atoms with Crippen molar-refractivity contribution in [3.05, 3.63) is 83.5 Å². The van der Waals surface area contributed by atoms with Gasteiger partial charge < -0.3 is 9.40 Å². The van der Waals surface area contributed by atoms with Crippen molar-refractivity contribution in [2.45, 2.75) is 0 Å². The molecule has 0 atom stereocenters. The summed E-state index contributed by atoms with van der Waals surface area (Å²) < 4.78 is 8.47. The summed E-state index contributed by atoms with van der Waals surface area (Å²) in [6, 6.07) is 16.1. The molecule has 2 heterocycles. The summed E-state index contributed by atoms with van der Waals surface area (Å²) in [5.74, 6) is -0.0333. The van der Waals surface area contributed by atoms with Gasteiger partial charge in [0, 0.05) is 13.6 Å². The van der Waals surface area contributed by atoms with E-state index in [2.05, 4.69) is 43.5 Å². The molecule has 0 saturated carbocycles. The lowest BCUT2D eigenvalue weighted by Crippen LogP contribution is -2.28. The van der Waals surface area contributed by atoms with E-state index >= 15 is 0 Å². The quantitative estimate of drug-likeness (QED) is 0.268. The van der Waals surface area contributed by atoms with E-state index in [-0.39, 0.29) is 10.5 Å². The predicted molar refractivity (Wildman–Crippen MR) is 118 cm³/mol. The lowest BCUT2D eigenvalue weighted by atomic mass is 10.2. The van der Waals surface area contributed by atoms with Crippen LogP contribution in [0.15, 0.2) is 68.3 Å². The molecule has 0 aliphatic rings. The number of carbonyl (C=O) groups is 1. The molecule has 0 saturated heterocycles. The second-order valence-corrected chi connectivity index (χ2v) is 8.28. The summed E-state index contributed by atoms with van der Waals surface area (Å²) in [7, 11) is 0. The number of aromatic amines is 1. The van der Waals surface area contributed by atoms with Gasteiger partial charge in [-0.2, -0.15) is 0 Å². The van der Waals surface area contributed by atoms with Crippen molar-refractivity contribution in [3.8, 4) is 11.3 Å². The Balaban J connectivity index is 1.81. The number of hydrogen-bond donors (Lipinski definition) is 1. The number of H-pyrrole nitrogens is 1. The van der Waals surface area contributed by atoms with Crippen LogP contribution in [0.3, 0.4) is 0 Å². The first-order valence-corrected chi connectivity index (χ1v) is 10.1. The van der Waals surface area contributed by atoms with Crippen LogP contribution in [0, 0.1) is 8.34 Å². The number of aromatic nitrogens is 2. The molecule has 0 spiro atoms. The van der Waals surface area contributed by atoms with E-state index in [9.17, 15) is 9.59 Å². The van der Waals surface area contributed by atoms with E-state index in [0.29, 0.717) is 16.7 Å².